The Hall–Kier alpha value is -3.11. The number of thioether (sulfide) groups is 1. The number of rotatable bonds is 7. The molecule has 182 valence electrons. The summed E-state index contributed by atoms with van der Waals surface area (Å²) < 4.78 is 27.7. The van der Waals surface area contributed by atoms with Gasteiger partial charge in [-0.05, 0) is 16.8 Å². The van der Waals surface area contributed by atoms with Gasteiger partial charge in [0, 0.05) is 32.6 Å². The number of hydrogen-bond donors (Lipinski definition) is 0. The van der Waals surface area contributed by atoms with Crippen LogP contribution in [0.3, 0.4) is 0 Å². The van der Waals surface area contributed by atoms with E-state index in [4.69, 9.17) is 23.7 Å². The average Bonchev–Trinajstić information content (AvgIpc) is 2.75. The van der Waals surface area contributed by atoms with E-state index >= 15 is 0 Å². The second-order valence-electron chi connectivity index (χ2n) is 7.66. The predicted octanol–water partition coefficient (Wildman–Crippen LogP) is 3.02. The van der Waals surface area contributed by atoms with Crippen molar-refractivity contribution in [2.45, 2.75) is 62.4 Å². The van der Waals surface area contributed by atoms with Crippen molar-refractivity contribution in [2.24, 2.45) is 0 Å². The van der Waals surface area contributed by atoms with Crippen LogP contribution in [0.15, 0.2) is 47.4 Å². The molecule has 3 rings (SSSR count). The Bertz CT molecular complexity index is 1060. The molecule has 0 unspecified atom stereocenters. The van der Waals surface area contributed by atoms with Gasteiger partial charge < -0.3 is 23.7 Å². The Labute approximate surface area is 201 Å². The summed E-state index contributed by atoms with van der Waals surface area (Å²) in [6.45, 7) is 4.57. The Balaban J connectivity index is 2.03. The molecular formula is C24H26O9S. The van der Waals surface area contributed by atoms with Gasteiger partial charge in [0.15, 0.2) is 18.3 Å². The van der Waals surface area contributed by atoms with E-state index < -0.39 is 53.7 Å². The van der Waals surface area contributed by atoms with Crippen LogP contribution in [0.25, 0.3) is 10.8 Å². The molecule has 1 aliphatic heterocycles. The lowest BCUT2D eigenvalue weighted by Crippen LogP contribution is -2.61. The molecule has 9 nitrogen and oxygen atoms in total. The standard InChI is InChI=1S/C24H26O9S/c1-13(25)29-12-19-21(30-14(2)26)22(31-15(3)27)23(32-16(4)28)24(33-19)34-20-11-7-9-17-8-5-6-10-18(17)20/h5-11,19,21-24H,12H2,1-4H3/t19-,21+,22-,23-,24-/m0/s1. The molecule has 0 amide bonds. The SMILES string of the molecule is CC(=O)OC[C@@H]1O[C@@H](Sc2cccc3ccccc23)[C@@H](OC(C)=O)[C@@H](OC(C)=O)[C@@H]1OC(C)=O. The Morgan fingerprint density at radius 2 is 1.35 bits per heavy atom. The minimum Gasteiger partial charge on any atom is -0.463 e. The van der Waals surface area contributed by atoms with E-state index in [9.17, 15) is 19.2 Å². The molecule has 0 spiro atoms. The summed E-state index contributed by atoms with van der Waals surface area (Å²) in [5, 5.41) is 1.95. The maximum atomic E-state index is 12.0. The minimum absolute atomic E-state index is 0.259. The molecule has 0 N–H and O–H groups in total. The van der Waals surface area contributed by atoms with Crippen LogP contribution in [-0.4, -0.2) is 60.3 Å². The van der Waals surface area contributed by atoms with Crippen LogP contribution >= 0.6 is 11.8 Å². The lowest BCUT2D eigenvalue weighted by molar-refractivity contribution is -0.237. The molecule has 0 saturated carbocycles. The van der Waals surface area contributed by atoms with Gasteiger partial charge in [0.05, 0.1) is 0 Å². The summed E-state index contributed by atoms with van der Waals surface area (Å²) in [7, 11) is 0. The second kappa shape index (κ2) is 11.3. The lowest BCUT2D eigenvalue weighted by atomic mass is 9.99. The van der Waals surface area contributed by atoms with E-state index in [2.05, 4.69) is 0 Å². The van der Waals surface area contributed by atoms with E-state index in [-0.39, 0.29) is 6.61 Å². The van der Waals surface area contributed by atoms with Gasteiger partial charge in [-0.25, -0.2) is 0 Å². The van der Waals surface area contributed by atoms with Crippen LogP contribution in [0.1, 0.15) is 27.7 Å². The first kappa shape index (κ1) is 25.5. The van der Waals surface area contributed by atoms with Gasteiger partial charge in [-0.3, -0.25) is 19.2 Å². The Kier molecular flexibility index (Phi) is 8.51. The zero-order valence-corrected chi connectivity index (χ0v) is 20.0. The topological polar surface area (TPSA) is 114 Å². The third-order valence-electron chi connectivity index (χ3n) is 4.94. The van der Waals surface area contributed by atoms with E-state index in [1.54, 1.807) is 0 Å². The molecule has 0 bridgehead atoms. The molecule has 2 aromatic rings. The zero-order valence-electron chi connectivity index (χ0n) is 19.2. The van der Waals surface area contributed by atoms with Gasteiger partial charge in [0.2, 0.25) is 0 Å². The number of esters is 4. The number of carbonyl (C=O) groups is 4. The van der Waals surface area contributed by atoms with E-state index in [0.29, 0.717) is 0 Å². The first-order valence-electron chi connectivity index (χ1n) is 10.6. The summed E-state index contributed by atoms with van der Waals surface area (Å²) >= 11 is 1.26. The normalized spacial score (nSPS) is 24.2. The van der Waals surface area contributed by atoms with Crippen LogP contribution < -0.4 is 0 Å². The molecule has 0 radical (unpaired) electrons. The molecule has 1 heterocycles. The maximum Gasteiger partial charge on any atom is 0.303 e. The van der Waals surface area contributed by atoms with Crippen LogP contribution in [0.2, 0.25) is 0 Å². The first-order valence-corrected chi connectivity index (χ1v) is 11.5. The van der Waals surface area contributed by atoms with Crippen molar-refractivity contribution >= 4 is 46.4 Å². The van der Waals surface area contributed by atoms with Crippen molar-refractivity contribution < 1.29 is 42.9 Å². The molecule has 1 saturated heterocycles. The minimum atomic E-state index is -1.19. The van der Waals surface area contributed by atoms with Crippen molar-refractivity contribution in [1.29, 1.82) is 0 Å². The Morgan fingerprint density at radius 3 is 2.00 bits per heavy atom. The highest BCUT2D eigenvalue weighted by Gasteiger charge is 2.52. The van der Waals surface area contributed by atoms with E-state index in [1.807, 2.05) is 42.5 Å². The van der Waals surface area contributed by atoms with Crippen molar-refractivity contribution in [3.05, 3.63) is 42.5 Å². The van der Waals surface area contributed by atoms with Crippen LogP contribution in [-0.2, 0) is 42.9 Å². The highest BCUT2D eigenvalue weighted by Crippen LogP contribution is 2.39. The number of hydrogen-bond acceptors (Lipinski definition) is 10. The molecule has 2 aromatic carbocycles. The van der Waals surface area contributed by atoms with Crippen LogP contribution in [0.5, 0.6) is 0 Å². The summed E-state index contributed by atoms with van der Waals surface area (Å²) in [6, 6.07) is 13.5. The molecule has 0 aliphatic carbocycles. The quantitative estimate of drug-likeness (QED) is 0.424. The van der Waals surface area contributed by atoms with Gasteiger partial charge in [-0.15, -0.1) is 0 Å². The number of fused-ring (bicyclic) bond motifs is 1. The zero-order chi connectivity index (χ0) is 24.8. The largest absolute Gasteiger partial charge is 0.463 e. The fourth-order valence-corrected chi connectivity index (χ4v) is 4.97. The van der Waals surface area contributed by atoms with Crippen LogP contribution in [0, 0.1) is 0 Å². The molecule has 10 heteroatoms. The fourth-order valence-electron chi connectivity index (χ4n) is 3.71. The van der Waals surface area contributed by atoms with Gasteiger partial charge in [0.25, 0.3) is 0 Å². The predicted molar refractivity (Wildman–Crippen MR) is 122 cm³/mol. The van der Waals surface area contributed by atoms with Gasteiger partial charge in [-0.1, -0.05) is 48.2 Å². The number of ether oxygens (including phenoxy) is 5. The summed E-state index contributed by atoms with van der Waals surface area (Å²) in [5.74, 6) is -2.52. The van der Waals surface area contributed by atoms with E-state index in [1.165, 1.54) is 39.5 Å². The van der Waals surface area contributed by atoms with Crippen molar-refractivity contribution in [1.82, 2.24) is 0 Å². The average molecular weight is 491 g/mol. The Morgan fingerprint density at radius 1 is 0.765 bits per heavy atom. The molecule has 34 heavy (non-hydrogen) atoms. The monoisotopic (exact) mass is 490 g/mol. The molecular weight excluding hydrogens is 464 g/mol. The van der Waals surface area contributed by atoms with Gasteiger partial charge in [0.1, 0.15) is 18.1 Å². The second-order valence-corrected chi connectivity index (χ2v) is 8.80. The third-order valence-corrected chi connectivity index (χ3v) is 6.16. The molecule has 1 aliphatic rings. The number of carbonyl (C=O) groups excluding carboxylic acids is 4. The molecule has 1 fully saturated rings. The van der Waals surface area contributed by atoms with Crippen molar-refractivity contribution in [3.8, 4) is 0 Å². The molecule has 0 aromatic heterocycles. The fraction of sp³-hybridized carbons (Fsp3) is 0.417. The van der Waals surface area contributed by atoms with Gasteiger partial charge in [-0.2, -0.15) is 0 Å². The highest BCUT2D eigenvalue weighted by atomic mass is 32.2. The summed E-state index contributed by atoms with van der Waals surface area (Å²) in [6.07, 6.45) is -4.44. The van der Waals surface area contributed by atoms with Crippen molar-refractivity contribution in [2.75, 3.05) is 6.61 Å². The lowest BCUT2D eigenvalue weighted by Gasteiger charge is -2.44. The smallest absolute Gasteiger partial charge is 0.303 e. The number of benzene rings is 2. The van der Waals surface area contributed by atoms with Crippen LogP contribution in [0.4, 0.5) is 0 Å². The summed E-state index contributed by atoms with van der Waals surface area (Å²) in [4.78, 5) is 48.1. The maximum absolute atomic E-state index is 12.0. The summed E-state index contributed by atoms with van der Waals surface area (Å²) in [5.41, 5.74) is -0.869. The first-order chi connectivity index (χ1) is 16.2. The van der Waals surface area contributed by atoms with Gasteiger partial charge >= 0.3 is 23.9 Å². The molecule has 5 atom stereocenters. The third kappa shape index (κ3) is 6.48. The van der Waals surface area contributed by atoms with E-state index in [0.717, 1.165) is 15.7 Å². The highest BCUT2D eigenvalue weighted by molar-refractivity contribution is 8.00. The van der Waals surface area contributed by atoms with Crippen molar-refractivity contribution in [3.63, 3.8) is 0 Å².